The summed E-state index contributed by atoms with van der Waals surface area (Å²) in [5, 5.41) is 0. The van der Waals surface area contributed by atoms with E-state index in [1.54, 1.807) is 0 Å². The highest BCUT2D eigenvalue weighted by Crippen LogP contribution is 2.19. The van der Waals surface area contributed by atoms with E-state index in [0.717, 1.165) is 0 Å². The molecule has 54 valence electrons. The predicted molar refractivity (Wildman–Crippen MR) is 42.6 cm³/mol. The molecular weight excluding hydrogens is 122 g/mol. The summed E-state index contributed by atoms with van der Waals surface area (Å²) >= 11 is 0. The summed E-state index contributed by atoms with van der Waals surface area (Å²) in [5.74, 6) is 0. The number of nitrogens with zero attached hydrogens (tertiary/aromatic N) is 1. The minimum Gasteiger partial charge on any atom is -0.372 e. The lowest BCUT2D eigenvalue weighted by Gasteiger charge is -2.34. The van der Waals surface area contributed by atoms with Gasteiger partial charge in [-0.05, 0) is 25.3 Å². The normalized spacial score (nSPS) is 24.0. The number of hydrogen-bond acceptors (Lipinski definition) is 1. The van der Waals surface area contributed by atoms with Crippen LogP contribution in [0, 0.1) is 0 Å². The second kappa shape index (κ2) is 2.49. The fourth-order valence-corrected chi connectivity index (χ4v) is 1.41. The van der Waals surface area contributed by atoms with Gasteiger partial charge in [0.05, 0.1) is 0 Å². The third-order valence-corrected chi connectivity index (χ3v) is 2.20. The Morgan fingerprint density at radius 3 is 2.60 bits per heavy atom. The molecule has 0 unspecified atom stereocenters. The molecule has 0 N–H and O–H groups in total. The van der Waals surface area contributed by atoms with Crippen molar-refractivity contribution in [1.29, 1.82) is 0 Å². The second-order valence-corrected chi connectivity index (χ2v) is 2.95. The molecule has 1 heteroatoms. The van der Waals surface area contributed by atoms with E-state index in [0.29, 0.717) is 0 Å². The van der Waals surface area contributed by atoms with Crippen LogP contribution in [0.25, 0.3) is 0 Å². The molecule has 10 heavy (non-hydrogen) atoms. The van der Waals surface area contributed by atoms with E-state index < -0.39 is 0 Å². The topological polar surface area (TPSA) is 3.24 Å². The van der Waals surface area contributed by atoms with Gasteiger partial charge in [0.1, 0.15) is 0 Å². The number of allylic oxidation sites excluding steroid dienone is 3. The van der Waals surface area contributed by atoms with Gasteiger partial charge in [-0.25, -0.2) is 0 Å². The van der Waals surface area contributed by atoms with Crippen LogP contribution >= 0.6 is 0 Å². The molecular formula is C9H13N. The molecule has 0 spiro atoms. The molecule has 0 aromatic rings. The summed E-state index contributed by atoms with van der Waals surface area (Å²) in [6, 6.07) is 0. The molecule has 1 heterocycles. The molecule has 2 aliphatic rings. The van der Waals surface area contributed by atoms with Crippen LogP contribution in [0.4, 0.5) is 0 Å². The van der Waals surface area contributed by atoms with E-state index in [-0.39, 0.29) is 0 Å². The highest BCUT2D eigenvalue weighted by molar-refractivity contribution is 5.22. The molecule has 0 aromatic carbocycles. The number of likely N-dealkylation sites (tertiary alicyclic amines) is 1. The highest BCUT2D eigenvalue weighted by atomic mass is 15.2. The van der Waals surface area contributed by atoms with Gasteiger partial charge in [-0.15, -0.1) is 0 Å². The minimum absolute atomic E-state index is 1.23. The summed E-state index contributed by atoms with van der Waals surface area (Å²) in [6.45, 7) is 2.55. The Labute approximate surface area is 62.0 Å². The van der Waals surface area contributed by atoms with Crippen LogP contribution in [0.3, 0.4) is 0 Å². The van der Waals surface area contributed by atoms with E-state index in [9.17, 15) is 0 Å². The van der Waals surface area contributed by atoms with Crippen molar-refractivity contribution in [2.45, 2.75) is 19.3 Å². The van der Waals surface area contributed by atoms with E-state index >= 15 is 0 Å². The molecule has 0 atom stereocenters. The Morgan fingerprint density at radius 1 is 1.20 bits per heavy atom. The highest BCUT2D eigenvalue weighted by Gasteiger charge is 2.14. The first-order chi connectivity index (χ1) is 4.97. The molecule has 0 radical (unpaired) electrons. The van der Waals surface area contributed by atoms with Crippen LogP contribution in [0.5, 0.6) is 0 Å². The van der Waals surface area contributed by atoms with Crippen molar-refractivity contribution >= 4 is 0 Å². The zero-order chi connectivity index (χ0) is 6.81. The van der Waals surface area contributed by atoms with Gasteiger partial charge in [0.25, 0.3) is 0 Å². The maximum atomic E-state index is 2.44. The molecule has 1 saturated heterocycles. The molecule has 1 fully saturated rings. The van der Waals surface area contributed by atoms with Gasteiger partial charge in [0, 0.05) is 18.8 Å². The Morgan fingerprint density at radius 2 is 2.10 bits per heavy atom. The van der Waals surface area contributed by atoms with Crippen LogP contribution in [0.2, 0.25) is 0 Å². The van der Waals surface area contributed by atoms with Gasteiger partial charge in [0.15, 0.2) is 0 Å². The molecule has 0 bridgehead atoms. The number of rotatable bonds is 1. The lowest BCUT2D eigenvalue weighted by atomic mass is 10.1. The summed E-state index contributed by atoms with van der Waals surface area (Å²) in [4.78, 5) is 2.44. The maximum Gasteiger partial charge on any atom is 0.0322 e. The summed E-state index contributed by atoms with van der Waals surface area (Å²) in [7, 11) is 0. The first-order valence-corrected chi connectivity index (χ1v) is 4.08. The molecule has 2 rings (SSSR count). The second-order valence-electron chi connectivity index (χ2n) is 2.95. The van der Waals surface area contributed by atoms with Gasteiger partial charge < -0.3 is 4.90 Å². The van der Waals surface area contributed by atoms with Crippen LogP contribution in [-0.4, -0.2) is 18.0 Å². The third-order valence-electron chi connectivity index (χ3n) is 2.20. The monoisotopic (exact) mass is 135 g/mol. The van der Waals surface area contributed by atoms with Gasteiger partial charge >= 0.3 is 0 Å². The van der Waals surface area contributed by atoms with Crippen molar-refractivity contribution in [2.75, 3.05) is 13.1 Å². The van der Waals surface area contributed by atoms with E-state index in [2.05, 4.69) is 23.1 Å². The molecule has 0 aromatic heterocycles. The third kappa shape index (κ3) is 0.962. The predicted octanol–water partition coefficient (Wildman–Crippen LogP) is 1.93. The van der Waals surface area contributed by atoms with Gasteiger partial charge in [0.2, 0.25) is 0 Å². The largest absolute Gasteiger partial charge is 0.372 e. The number of hydrogen-bond donors (Lipinski definition) is 0. The summed E-state index contributed by atoms with van der Waals surface area (Å²) < 4.78 is 0. The van der Waals surface area contributed by atoms with E-state index in [1.807, 2.05) is 0 Å². The first kappa shape index (κ1) is 6.02. The zero-order valence-electron chi connectivity index (χ0n) is 6.21. The first-order valence-electron chi connectivity index (χ1n) is 4.08. The molecule has 1 aliphatic heterocycles. The fourth-order valence-electron chi connectivity index (χ4n) is 1.41. The van der Waals surface area contributed by atoms with Gasteiger partial charge in [-0.1, -0.05) is 12.2 Å². The van der Waals surface area contributed by atoms with Gasteiger partial charge in [-0.2, -0.15) is 0 Å². The Hall–Kier alpha value is -0.720. The molecule has 0 amide bonds. The average Bonchev–Trinajstić information content (AvgIpc) is 1.86. The van der Waals surface area contributed by atoms with Crippen LogP contribution in [-0.2, 0) is 0 Å². The molecule has 1 nitrogen and oxygen atoms in total. The van der Waals surface area contributed by atoms with Crippen molar-refractivity contribution in [3.8, 4) is 0 Å². The summed E-state index contributed by atoms with van der Waals surface area (Å²) in [5.41, 5.74) is 1.46. The quantitative estimate of drug-likeness (QED) is 0.531. The van der Waals surface area contributed by atoms with Crippen molar-refractivity contribution in [1.82, 2.24) is 4.90 Å². The smallest absolute Gasteiger partial charge is 0.0322 e. The van der Waals surface area contributed by atoms with Crippen molar-refractivity contribution in [2.24, 2.45) is 0 Å². The van der Waals surface area contributed by atoms with Crippen LogP contribution in [0.15, 0.2) is 23.9 Å². The molecule has 1 aliphatic carbocycles. The Balaban J connectivity index is 2.01. The zero-order valence-corrected chi connectivity index (χ0v) is 6.21. The van der Waals surface area contributed by atoms with E-state index in [1.165, 1.54) is 38.0 Å². The lowest BCUT2D eigenvalue weighted by Crippen LogP contribution is -2.35. The Kier molecular flexibility index (Phi) is 1.50. The minimum atomic E-state index is 1.23. The lowest BCUT2D eigenvalue weighted by molar-refractivity contribution is 0.245. The van der Waals surface area contributed by atoms with E-state index in [4.69, 9.17) is 0 Å². The Bertz CT molecular complexity index is 175. The van der Waals surface area contributed by atoms with Crippen molar-refractivity contribution in [3.05, 3.63) is 23.9 Å². The van der Waals surface area contributed by atoms with Gasteiger partial charge in [-0.3, -0.25) is 0 Å². The van der Waals surface area contributed by atoms with Crippen molar-refractivity contribution in [3.63, 3.8) is 0 Å². The SMILES string of the molecule is C1=CC(N2CCC2)=CCC1. The maximum absolute atomic E-state index is 2.44. The fraction of sp³-hybridized carbons (Fsp3) is 0.556. The standard InChI is InChI=1S/C9H13N/c1-2-5-9(6-3-1)10-7-4-8-10/h2,5-6H,1,3-4,7-8H2. The van der Waals surface area contributed by atoms with Crippen molar-refractivity contribution < 1.29 is 0 Å². The molecule has 0 saturated carbocycles. The average molecular weight is 135 g/mol. The van der Waals surface area contributed by atoms with Crippen LogP contribution in [0.1, 0.15) is 19.3 Å². The van der Waals surface area contributed by atoms with Crippen LogP contribution < -0.4 is 0 Å². The summed E-state index contributed by atoms with van der Waals surface area (Å²) in [6.07, 6.45) is 10.7.